The van der Waals surface area contributed by atoms with E-state index in [0.717, 1.165) is 18.4 Å². The molecule has 3 aromatic carbocycles. The first kappa shape index (κ1) is 26.1. The summed E-state index contributed by atoms with van der Waals surface area (Å²) in [7, 11) is -3.65. The second kappa shape index (κ2) is 12.3. The van der Waals surface area contributed by atoms with Gasteiger partial charge in [-0.05, 0) is 73.4 Å². The highest BCUT2D eigenvalue weighted by molar-refractivity contribution is 7.89. The molecule has 0 aliphatic rings. The highest BCUT2D eigenvalue weighted by atomic mass is 32.2. The third kappa shape index (κ3) is 7.50. The largest absolute Gasteiger partial charge is 0.326 e. The monoisotopic (exact) mass is 493 g/mol. The Morgan fingerprint density at radius 1 is 0.771 bits per heavy atom. The number of amides is 2. The number of hydrogen-bond donors (Lipinski definition) is 3. The minimum Gasteiger partial charge on any atom is -0.326 e. The molecule has 184 valence electrons. The lowest BCUT2D eigenvalue weighted by atomic mass is 10.0. The van der Waals surface area contributed by atoms with Crippen LogP contribution in [0.2, 0.25) is 0 Å². The van der Waals surface area contributed by atoms with Crippen LogP contribution in [0.5, 0.6) is 0 Å². The number of nitrogens with one attached hydrogen (secondary N) is 3. The molecule has 3 N–H and O–H groups in total. The van der Waals surface area contributed by atoms with Gasteiger partial charge in [0.25, 0.3) is 5.91 Å². The third-order valence-corrected chi connectivity index (χ3v) is 7.22. The van der Waals surface area contributed by atoms with Gasteiger partial charge in [0.2, 0.25) is 15.9 Å². The molecule has 0 aliphatic heterocycles. The van der Waals surface area contributed by atoms with Crippen molar-refractivity contribution in [1.82, 2.24) is 4.72 Å². The average molecular weight is 494 g/mol. The van der Waals surface area contributed by atoms with Gasteiger partial charge < -0.3 is 10.6 Å². The van der Waals surface area contributed by atoms with E-state index in [2.05, 4.69) is 15.4 Å². The van der Waals surface area contributed by atoms with Crippen LogP contribution in [0, 0.1) is 5.92 Å². The Balaban J connectivity index is 1.55. The van der Waals surface area contributed by atoms with Gasteiger partial charge in [0, 0.05) is 29.4 Å². The summed E-state index contributed by atoms with van der Waals surface area (Å²) in [6, 6.07) is 22.3. The summed E-state index contributed by atoms with van der Waals surface area (Å²) in [6.07, 6.45) is 2.13. The van der Waals surface area contributed by atoms with Crippen molar-refractivity contribution in [3.63, 3.8) is 0 Å². The summed E-state index contributed by atoms with van der Waals surface area (Å²) in [5.74, 6) is -0.403. The van der Waals surface area contributed by atoms with Gasteiger partial charge >= 0.3 is 0 Å². The van der Waals surface area contributed by atoms with Crippen LogP contribution in [-0.4, -0.2) is 26.8 Å². The predicted octanol–water partition coefficient (Wildman–Crippen LogP) is 4.83. The number of carbonyl (C=O) groups excluding carboxylic acids is 2. The highest BCUT2D eigenvalue weighted by Gasteiger charge is 2.15. The van der Waals surface area contributed by atoms with Gasteiger partial charge in [0.05, 0.1) is 4.90 Å². The van der Waals surface area contributed by atoms with Crippen molar-refractivity contribution in [1.29, 1.82) is 0 Å². The molecule has 0 bridgehead atoms. The van der Waals surface area contributed by atoms with Crippen LogP contribution in [0.1, 0.15) is 42.6 Å². The molecule has 0 radical (unpaired) electrons. The Morgan fingerprint density at radius 3 is 1.94 bits per heavy atom. The first-order valence-electron chi connectivity index (χ1n) is 11.7. The smallest absolute Gasteiger partial charge is 0.255 e. The molecule has 8 heteroatoms. The Hall–Kier alpha value is -3.49. The maximum Gasteiger partial charge on any atom is 0.255 e. The molecule has 0 atom stereocenters. The van der Waals surface area contributed by atoms with Gasteiger partial charge in [0.1, 0.15) is 0 Å². The number of rotatable bonds is 11. The van der Waals surface area contributed by atoms with Crippen LogP contribution in [0.4, 0.5) is 11.4 Å². The highest BCUT2D eigenvalue weighted by Crippen LogP contribution is 2.17. The maximum absolute atomic E-state index is 12.6. The van der Waals surface area contributed by atoms with Crippen molar-refractivity contribution in [3.8, 4) is 0 Å². The zero-order valence-electron chi connectivity index (χ0n) is 20.0. The first-order valence-corrected chi connectivity index (χ1v) is 13.2. The average Bonchev–Trinajstić information content (AvgIpc) is 2.86. The number of benzene rings is 3. The number of sulfonamides is 1. The second-order valence-electron chi connectivity index (χ2n) is 8.19. The Morgan fingerprint density at radius 2 is 1.34 bits per heavy atom. The Kier molecular flexibility index (Phi) is 9.17. The predicted molar refractivity (Wildman–Crippen MR) is 139 cm³/mol. The number of anilines is 2. The molecule has 0 spiro atoms. The molecule has 0 fully saturated rings. The fourth-order valence-electron chi connectivity index (χ4n) is 3.59. The second-order valence-corrected chi connectivity index (χ2v) is 9.96. The summed E-state index contributed by atoms with van der Waals surface area (Å²) in [5, 5.41) is 5.63. The zero-order chi connectivity index (χ0) is 25.3. The summed E-state index contributed by atoms with van der Waals surface area (Å²) >= 11 is 0. The molecule has 0 unspecified atom stereocenters. The van der Waals surface area contributed by atoms with E-state index in [-0.39, 0.29) is 22.6 Å². The molecule has 3 aromatic rings. The molecule has 0 saturated heterocycles. The topological polar surface area (TPSA) is 104 Å². The summed E-state index contributed by atoms with van der Waals surface area (Å²) in [4.78, 5) is 24.9. The first-order chi connectivity index (χ1) is 16.8. The fourth-order valence-corrected chi connectivity index (χ4v) is 4.62. The number of hydrogen-bond acceptors (Lipinski definition) is 4. The third-order valence-electron chi connectivity index (χ3n) is 5.74. The van der Waals surface area contributed by atoms with Gasteiger partial charge in [-0.1, -0.05) is 44.2 Å². The molecular weight excluding hydrogens is 462 g/mol. The Bertz CT molecular complexity index is 1220. The van der Waals surface area contributed by atoms with E-state index in [4.69, 9.17) is 0 Å². The standard InChI is InChI=1S/C27H31N3O4S/c1-3-21(4-2)26(31)29-23-12-10-22(11-13-23)27(32)30-24-14-16-25(17-15-24)35(33,34)28-19-18-20-8-6-5-7-9-20/h5-17,21,28H,3-4,18-19H2,1-2H3,(H,29,31)(H,30,32). The van der Waals surface area contributed by atoms with Crippen molar-refractivity contribution in [2.45, 2.75) is 38.0 Å². The Labute approximate surface area is 207 Å². The van der Waals surface area contributed by atoms with E-state index >= 15 is 0 Å². The van der Waals surface area contributed by atoms with Crippen LogP contribution >= 0.6 is 0 Å². The van der Waals surface area contributed by atoms with Crippen molar-refractivity contribution in [2.24, 2.45) is 5.92 Å². The maximum atomic E-state index is 12.6. The van der Waals surface area contributed by atoms with Gasteiger partial charge in [0.15, 0.2) is 0 Å². The van der Waals surface area contributed by atoms with Gasteiger partial charge in [-0.3, -0.25) is 9.59 Å². The summed E-state index contributed by atoms with van der Waals surface area (Å²) in [6.45, 7) is 4.25. The molecule has 3 rings (SSSR count). The van der Waals surface area contributed by atoms with Crippen molar-refractivity contribution in [3.05, 3.63) is 90.0 Å². The SMILES string of the molecule is CCC(CC)C(=O)Nc1ccc(C(=O)Nc2ccc(S(=O)(=O)NCCc3ccccc3)cc2)cc1. The lowest BCUT2D eigenvalue weighted by Gasteiger charge is -2.13. The molecule has 35 heavy (non-hydrogen) atoms. The summed E-state index contributed by atoms with van der Waals surface area (Å²) in [5.41, 5.74) is 2.58. The van der Waals surface area contributed by atoms with Crippen LogP contribution in [0.25, 0.3) is 0 Å². The van der Waals surface area contributed by atoms with E-state index in [1.165, 1.54) is 12.1 Å². The van der Waals surface area contributed by atoms with Crippen molar-refractivity contribution in [2.75, 3.05) is 17.2 Å². The summed E-state index contributed by atoms with van der Waals surface area (Å²) < 4.78 is 27.7. The molecule has 2 amide bonds. The van der Waals surface area contributed by atoms with Crippen molar-refractivity contribution >= 4 is 33.2 Å². The van der Waals surface area contributed by atoms with Crippen LogP contribution in [0.3, 0.4) is 0 Å². The quantitative estimate of drug-likeness (QED) is 0.356. The van der Waals surface area contributed by atoms with E-state index in [1.54, 1.807) is 36.4 Å². The minimum absolute atomic E-state index is 0.0307. The van der Waals surface area contributed by atoms with Gasteiger partial charge in [-0.25, -0.2) is 13.1 Å². The zero-order valence-corrected chi connectivity index (χ0v) is 20.8. The number of carbonyl (C=O) groups is 2. The molecular formula is C27H31N3O4S. The van der Waals surface area contributed by atoms with Crippen molar-refractivity contribution < 1.29 is 18.0 Å². The molecule has 7 nitrogen and oxygen atoms in total. The fraction of sp³-hybridized carbons (Fsp3) is 0.259. The van der Waals surface area contributed by atoms with E-state index in [0.29, 0.717) is 29.9 Å². The lowest BCUT2D eigenvalue weighted by molar-refractivity contribution is -0.120. The van der Waals surface area contributed by atoms with Gasteiger partial charge in [-0.15, -0.1) is 0 Å². The molecule has 0 saturated carbocycles. The van der Waals surface area contributed by atoms with E-state index in [9.17, 15) is 18.0 Å². The molecule has 0 heterocycles. The normalized spacial score (nSPS) is 11.3. The van der Waals surface area contributed by atoms with E-state index in [1.807, 2.05) is 44.2 Å². The van der Waals surface area contributed by atoms with Crippen LogP contribution < -0.4 is 15.4 Å². The molecule has 0 aliphatic carbocycles. The minimum atomic E-state index is -3.65. The van der Waals surface area contributed by atoms with Crippen LogP contribution in [-0.2, 0) is 21.2 Å². The van der Waals surface area contributed by atoms with Crippen LogP contribution in [0.15, 0.2) is 83.8 Å². The molecule has 0 aromatic heterocycles. The lowest BCUT2D eigenvalue weighted by Crippen LogP contribution is -2.26. The van der Waals surface area contributed by atoms with E-state index < -0.39 is 10.0 Å². The van der Waals surface area contributed by atoms with Gasteiger partial charge in [-0.2, -0.15) is 0 Å².